The smallest absolute Gasteiger partial charge is 0.00201 e. The quantitative estimate of drug-likeness (QED) is 0.323. The van der Waals surface area contributed by atoms with Gasteiger partial charge in [0.05, 0.1) is 0 Å². The van der Waals surface area contributed by atoms with Crippen molar-refractivity contribution in [1.29, 1.82) is 0 Å². The molecule has 5 rings (SSSR count). The lowest BCUT2D eigenvalue weighted by atomic mass is 9.89. The highest BCUT2D eigenvalue weighted by Gasteiger charge is 2.12. The van der Waals surface area contributed by atoms with Gasteiger partial charge < -0.3 is 0 Å². The number of fused-ring (bicyclic) bond motifs is 2. The highest BCUT2D eigenvalue weighted by molar-refractivity contribution is 6.04. The average molecular weight is 329 g/mol. The Morgan fingerprint density at radius 1 is 0.423 bits per heavy atom. The summed E-state index contributed by atoms with van der Waals surface area (Å²) in [5.74, 6) is 0. The van der Waals surface area contributed by atoms with E-state index in [2.05, 4.69) is 103 Å². The molecule has 0 aromatic heterocycles. The van der Waals surface area contributed by atoms with Crippen molar-refractivity contribution in [3.8, 4) is 22.3 Å². The Morgan fingerprint density at radius 2 is 0.962 bits per heavy atom. The third kappa shape index (κ3) is 2.39. The molecule has 0 aliphatic carbocycles. The van der Waals surface area contributed by atoms with Gasteiger partial charge in [-0.15, -0.1) is 0 Å². The summed E-state index contributed by atoms with van der Waals surface area (Å²) in [7, 11) is 0. The molecule has 0 heteroatoms. The molecule has 26 heavy (non-hydrogen) atoms. The van der Waals surface area contributed by atoms with Gasteiger partial charge in [-0.3, -0.25) is 0 Å². The van der Waals surface area contributed by atoms with Gasteiger partial charge in [-0.2, -0.15) is 0 Å². The first-order chi connectivity index (χ1) is 12.9. The first-order valence-corrected chi connectivity index (χ1v) is 8.89. The fourth-order valence-electron chi connectivity index (χ4n) is 3.79. The Labute approximate surface area is 153 Å². The van der Waals surface area contributed by atoms with Crippen molar-refractivity contribution in [2.24, 2.45) is 0 Å². The third-order valence-corrected chi connectivity index (χ3v) is 4.99. The lowest BCUT2D eigenvalue weighted by Gasteiger charge is -2.14. The Bertz CT molecular complexity index is 1120. The van der Waals surface area contributed by atoms with Crippen LogP contribution in [0.15, 0.2) is 103 Å². The maximum absolute atomic E-state index is 3.51. The number of hydrogen-bond acceptors (Lipinski definition) is 0. The van der Waals surface area contributed by atoms with Gasteiger partial charge >= 0.3 is 0 Å². The van der Waals surface area contributed by atoms with Crippen LogP contribution in [0.25, 0.3) is 43.8 Å². The molecule has 5 aromatic carbocycles. The third-order valence-electron chi connectivity index (χ3n) is 4.99. The highest BCUT2D eigenvalue weighted by atomic mass is 14.1. The molecule has 0 fully saturated rings. The van der Waals surface area contributed by atoms with Crippen LogP contribution in [0.4, 0.5) is 0 Å². The van der Waals surface area contributed by atoms with Crippen LogP contribution in [0.3, 0.4) is 0 Å². The van der Waals surface area contributed by atoms with Crippen molar-refractivity contribution in [2.75, 3.05) is 0 Å². The van der Waals surface area contributed by atoms with Gasteiger partial charge in [0, 0.05) is 0 Å². The lowest BCUT2D eigenvalue weighted by Crippen LogP contribution is -1.88. The Kier molecular flexibility index (Phi) is 3.54. The Morgan fingerprint density at radius 3 is 1.69 bits per heavy atom. The molecule has 0 saturated carbocycles. The second-order valence-electron chi connectivity index (χ2n) is 6.51. The summed E-state index contributed by atoms with van der Waals surface area (Å²) in [6.07, 6.45) is 0. The second kappa shape index (κ2) is 6.16. The van der Waals surface area contributed by atoms with Gasteiger partial charge in [0.1, 0.15) is 0 Å². The SMILES string of the molecule is [c]1cccc(-c2cccc3ccccc23)c1-c1cccc2ccccc12. The standard InChI is InChI=1S/C26H17/c1-3-13-21-19(9-1)11-7-17-23(21)25-15-5-6-16-26(25)24-18-8-12-20-10-2-4-14-22(20)24/h1-15,17-18H. The predicted octanol–water partition coefficient (Wildman–Crippen LogP) is 7.13. The summed E-state index contributed by atoms with van der Waals surface area (Å²) >= 11 is 0. The van der Waals surface area contributed by atoms with Crippen molar-refractivity contribution >= 4 is 21.5 Å². The fraction of sp³-hybridized carbons (Fsp3) is 0. The molecule has 1 radical (unpaired) electrons. The average Bonchev–Trinajstić information content (AvgIpc) is 2.73. The summed E-state index contributed by atoms with van der Waals surface area (Å²) in [6.45, 7) is 0. The molecular formula is C26H17. The molecule has 0 unspecified atom stereocenters. The van der Waals surface area contributed by atoms with Gasteiger partial charge in [-0.1, -0.05) is 103 Å². The van der Waals surface area contributed by atoms with Crippen LogP contribution in [0.2, 0.25) is 0 Å². The van der Waals surface area contributed by atoms with Gasteiger partial charge in [0.25, 0.3) is 0 Å². The van der Waals surface area contributed by atoms with E-state index in [1.54, 1.807) is 0 Å². The van der Waals surface area contributed by atoms with E-state index in [1.807, 2.05) is 6.07 Å². The van der Waals surface area contributed by atoms with Crippen molar-refractivity contribution < 1.29 is 0 Å². The van der Waals surface area contributed by atoms with Crippen molar-refractivity contribution in [1.82, 2.24) is 0 Å². The molecule has 0 nitrogen and oxygen atoms in total. The zero-order valence-corrected chi connectivity index (χ0v) is 14.3. The maximum Gasteiger partial charge on any atom is -0.00201 e. The summed E-state index contributed by atoms with van der Waals surface area (Å²) in [5, 5.41) is 5.05. The highest BCUT2D eigenvalue weighted by Crippen LogP contribution is 2.38. The van der Waals surface area contributed by atoms with Crippen LogP contribution in [0.1, 0.15) is 0 Å². The van der Waals surface area contributed by atoms with Crippen LogP contribution < -0.4 is 0 Å². The summed E-state index contributed by atoms with van der Waals surface area (Å²) in [4.78, 5) is 0. The van der Waals surface area contributed by atoms with Crippen molar-refractivity contribution in [3.05, 3.63) is 109 Å². The monoisotopic (exact) mass is 329 g/mol. The van der Waals surface area contributed by atoms with E-state index < -0.39 is 0 Å². The van der Waals surface area contributed by atoms with Crippen LogP contribution in [-0.4, -0.2) is 0 Å². The van der Waals surface area contributed by atoms with Gasteiger partial charge in [0.2, 0.25) is 0 Å². The normalized spacial score (nSPS) is 11.1. The molecule has 5 aromatic rings. The summed E-state index contributed by atoms with van der Waals surface area (Å²) in [6, 6.07) is 39.9. The molecule has 0 atom stereocenters. The number of rotatable bonds is 2. The molecular weight excluding hydrogens is 312 g/mol. The first-order valence-electron chi connectivity index (χ1n) is 8.89. The van der Waals surface area contributed by atoms with Gasteiger partial charge in [-0.05, 0) is 49.9 Å². The predicted molar refractivity (Wildman–Crippen MR) is 111 cm³/mol. The molecule has 0 aliphatic heterocycles. The van der Waals surface area contributed by atoms with E-state index in [1.165, 1.54) is 38.2 Å². The zero-order chi connectivity index (χ0) is 17.3. The minimum Gasteiger partial charge on any atom is -0.0616 e. The summed E-state index contributed by atoms with van der Waals surface area (Å²) in [5.41, 5.74) is 4.86. The van der Waals surface area contributed by atoms with E-state index in [-0.39, 0.29) is 0 Å². The summed E-state index contributed by atoms with van der Waals surface area (Å²) < 4.78 is 0. The van der Waals surface area contributed by atoms with Crippen LogP contribution in [0.5, 0.6) is 0 Å². The minimum atomic E-state index is 1.15. The van der Waals surface area contributed by atoms with E-state index in [0.717, 1.165) is 5.56 Å². The molecule has 0 amide bonds. The maximum atomic E-state index is 3.51. The molecule has 0 aliphatic rings. The van der Waals surface area contributed by atoms with Crippen LogP contribution in [0, 0.1) is 6.07 Å². The Hall–Kier alpha value is -3.38. The van der Waals surface area contributed by atoms with Gasteiger partial charge in [0.15, 0.2) is 0 Å². The Balaban J connectivity index is 1.83. The molecule has 0 spiro atoms. The van der Waals surface area contributed by atoms with E-state index >= 15 is 0 Å². The molecule has 0 bridgehead atoms. The molecule has 121 valence electrons. The zero-order valence-electron chi connectivity index (χ0n) is 14.3. The van der Waals surface area contributed by atoms with Crippen LogP contribution >= 0.6 is 0 Å². The van der Waals surface area contributed by atoms with Crippen molar-refractivity contribution in [2.45, 2.75) is 0 Å². The second-order valence-corrected chi connectivity index (χ2v) is 6.51. The van der Waals surface area contributed by atoms with E-state index in [9.17, 15) is 0 Å². The fourth-order valence-corrected chi connectivity index (χ4v) is 3.79. The topological polar surface area (TPSA) is 0 Å². The van der Waals surface area contributed by atoms with Crippen LogP contribution in [-0.2, 0) is 0 Å². The molecule has 0 saturated heterocycles. The van der Waals surface area contributed by atoms with E-state index in [4.69, 9.17) is 0 Å². The first kappa shape index (κ1) is 14.9. The minimum absolute atomic E-state index is 1.15. The number of hydrogen-bond donors (Lipinski definition) is 0. The largest absolute Gasteiger partial charge is 0.0616 e. The van der Waals surface area contributed by atoms with Gasteiger partial charge in [-0.25, -0.2) is 0 Å². The van der Waals surface area contributed by atoms with Crippen molar-refractivity contribution in [3.63, 3.8) is 0 Å². The number of benzene rings is 5. The van der Waals surface area contributed by atoms with E-state index in [0.29, 0.717) is 0 Å². The molecule has 0 N–H and O–H groups in total. The molecule has 0 heterocycles. The lowest BCUT2D eigenvalue weighted by molar-refractivity contribution is 1.61.